The lowest BCUT2D eigenvalue weighted by Crippen LogP contribution is -2.19. The van der Waals surface area contributed by atoms with Gasteiger partial charge in [-0.2, -0.15) is 0 Å². The summed E-state index contributed by atoms with van der Waals surface area (Å²) in [6.07, 6.45) is 0. The van der Waals surface area contributed by atoms with Crippen molar-refractivity contribution in [1.82, 2.24) is 10.3 Å². The molecule has 20 heavy (non-hydrogen) atoms. The third-order valence-corrected chi connectivity index (χ3v) is 4.49. The zero-order chi connectivity index (χ0) is 14.7. The van der Waals surface area contributed by atoms with Gasteiger partial charge in [0.15, 0.2) is 0 Å². The predicted molar refractivity (Wildman–Crippen MR) is 84.8 cm³/mol. The fourth-order valence-corrected chi connectivity index (χ4v) is 3.35. The van der Waals surface area contributed by atoms with Crippen molar-refractivity contribution in [2.75, 3.05) is 7.11 Å². The summed E-state index contributed by atoms with van der Waals surface area (Å²) >= 11 is 7.97. The van der Waals surface area contributed by atoms with Crippen LogP contribution in [-0.4, -0.2) is 12.1 Å². The molecule has 108 valence electrons. The number of halogens is 1. The Morgan fingerprint density at radius 1 is 1.40 bits per heavy atom. The second-order valence-electron chi connectivity index (χ2n) is 4.70. The number of aryl methyl sites for hydroxylation is 2. The van der Waals surface area contributed by atoms with Crippen molar-refractivity contribution in [3.05, 3.63) is 44.4 Å². The normalized spacial score (nSPS) is 12.4. The van der Waals surface area contributed by atoms with E-state index in [0.29, 0.717) is 6.54 Å². The number of methoxy groups -OCH3 is 1. The van der Waals surface area contributed by atoms with Crippen molar-refractivity contribution >= 4 is 22.9 Å². The van der Waals surface area contributed by atoms with E-state index < -0.39 is 0 Å². The molecular weight excluding hydrogens is 292 g/mol. The Bertz CT molecular complexity index is 598. The number of nitrogens with zero attached hydrogens (tertiary/aromatic N) is 1. The maximum Gasteiger partial charge on any atom is 0.124 e. The van der Waals surface area contributed by atoms with E-state index in [1.165, 1.54) is 4.88 Å². The number of benzene rings is 1. The molecule has 1 atom stereocenters. The Morgan fingerprint density at radius 3 is 2.75 bits per heavy atom. The highest BCUT2D eigenvalue weighted by Gasteiger charge is 2.14. The van der Waals surface area contributed by atoms with Crippen molar-refractivity contribution in [2.45, 2.75) is 33.4 Å². The third kappa shape index (κ3) is 3.32. The fourth-order valence-electron chi connectivity index (χ4n) is 2.20. The van der Waals surface area contributed by atoms with Crippen LogP contribution in [0.25, 0.3) is 0 Å². The van der Waals surface area contributed by atoms with Crippen LogP contribution < -0.4 is 10.1 Å². The number of rotatable bonds is 5. The summed E-state index contributed by atoms with van der Waals surface area (Å²) in [6, 6.07) is 5.87. The van der Waals surface area contributed by atoms with E-state index in [1.807, 2.05) is 25.1 Å². The van der Waals surface area contributed by atoms with Crippen molar-refractivity contribution in [2.24, 2.45) is 0 Å². The SMILES string of the molecule is COc1cccc(Cl)c1CNC(C)c1nc(C)sc1C. The molecule has 0 aliphatic heterocycles. The topological polar surface area (TPSA) is 34.1 Å². The van der Waals surface area contributed by atoms with Gasteiger partial charge in [-0.1, -0.05) is 17.7 Å². The van der Waals surface area contributed by atoms with Crippen molar-refractivity contribution in [1.29, 1.82) is 0 Å². The first-order valence-electron chi connectivity index (χ1n) is 6.51. The Hall–Kier alpha value is -1.10. The Kier molecular flexibility index (Phi) is 5.02. The van der Waals surface area contributed by atoms with E-state index in [-0.39, 0.29) is 6.04 Å². The highest BCUT2D eigenvalue weighted by atomic mass is 35.5. The fraction of sp³-hybridized carbons (Fsp3) is 0.400. The summed E-state index contributed by atoms with van der Waals surface area (Å²) in [5, 5.41) is 5.28. The first-order chi connectivity index (χ1) is 9.52. The van der Waals surface area contributed by atoms with Crippen molar-refractivity contribution in [3.8, 4) is 5.75 Å². The molecule has 0 aliphatic carbocycles. The molecule has 1 N–H and O–H groups in total. The van der Waals surface area contributed by atoms with Crippen LogP contribution in [0.15, 0.2) is 18.2 Å². The first kappa shape index (κ1) is 15.3. The summed E-state index contributed by atoms with van der Waals surface area (Å²) in [6.45, 7) is 6.91. The second-order valence-corrected chi connectivity index (χ2v) is 6.51. The van der Waals surface area contributed by atoms with Gasteiger partial charge >= 0.3 is 0 Å². The van der Waals surface area contributed by atoms with E-state index in [4.69, 9.17) is 16.3 Å². The standard InChI is InChI=1S/C15H19ClN2OS/c1-9(15-10(2)20-11(3)18-15)17-8-12-13(16)6-5-7-14(12)19-4/h5-7,9,17H,8H2,1-4H3. The van der Waals surface area contributed by atoms with Crippen molar-refractivity contribution < 1.29 is 4.74 Å². The lowest BCUT2D eigenvalue weighted by Gasteiger charge is -2.15. The van der Waals surface area contributed by atoms with Crippen molar-refractivity contribution in [3.63, 3.8) is 0 Å². The molecule has 0 amide bonds. The van der Waals surface area contributed by atoms with Crippen LogP contribution in [0.4, 0.5) is 0 Å². The minimum atomic E-state index is 0.181. The maximum absolute atomic E-state index is 6.24. The molecule has 0 spiro atoms. The number of aromatic nitrogens is 1. The Balaban J connectivity index is 2.11. The maximum atomic E-state index is 6.24. The molecular formula is C15H19ClN2OS. The second kappa shape index (κ2) is 6.57. The van der Waals surface area contributed by atoms with Gasteiger partial charge < -0.3 is 10.1 Å². The minimum absolute atomic E-state index is 0.181. The quantitative estimate of drug-likeness (QED) is 0.895. The molecule has 2 aromatic rings. The van der Waals surface area contributed by atoms with Crippen LogP contribution in [0.1, 0.15) is 34.1 Å². The van der Waals surface area contributed by atoms with Gasteiger partial charge in [-0.3, -0.25) is 0 Å². The van der Waals surface area contributed by atoms with Gasteiger partial charge in [0.1, 0.15) is 5.75 Å². The summed E-state index contributed by atoms with van der Waals surface area (Å²) in [5.41, 5.74) is 2.09. The van der Waals surface area contributed by atoms with Gasteiger partial charge in [0.2, 0.25) is 0 Å². The summed E-state index contributed by atoms with van der Waals surface area (Å²) in [5.74, 6) is 0.809. The molecule has 0 aliphatic rings. The molecule has 0 radical (unpaired) electrons. The molecule has 0 saturated carbocycles. The molecule has 0 fully saturated rings. The largest absolute Gasteiger partial charge is 0.496 e. The number of nitrogens with one attached hydrogen (secondary N) is 1. The number of hydrogen-bond acceptors (Lipinski definition) is 4. The van der Waals surface area contributed by atoms with Gasteiger partial charge in [-0.15, -0.1) is 11.3 Å². The molecule has 1 heterocycles. The smallest absolute Gasteiger partial charge is 0.124 e. The third-order valence-electron chi connectivity index (χ3n) is 3.23. The molecule has 2 rings (SSSR count). The van der Waals surface area contributed by atoms with Gasteiger partial charge in [0.05, 0.1) is 17.8 Å². The van der Waals surface area contributed by atoms with E-state index in [1.54, 1.807) is 18.4 Å². The van der Waals surface area contributed by atoms with Gasteiger partial charge in [0.25, 0.3) is 0 Å². The Labute approximate surface area is 129 Å². The summed E-state index contributed by atoms with van der Waals surface area (Å²) in [7, 11) is 1.66. The average molecular weight is 311 g/mol. The number of thiazole rings is 1. The van der Waals surface area contributed by atoms with Crippen LogP contribution in [0, 0.1) is 13.8 Å². The molecule has 1 aromatic heterocycles. The summed E-state index contributed by atoms with van der Waals surface area (Å²) < 4.78 is 5.35. The van der Waals surface area contributed by atoms with Crippen LogP contribution in [-0.2, 0) is 6.54 Å². The highest BCUT2D eigenvalue weighted by molar-refractivity contribution is 7.11. The molecule has 1 aromatic carbocycles. The highest BCUT2D eigenvalue weighted by Crippen LogP contribution is 2.28. The number of ether oxygens (including phenoxy) is 1. The van der Waals surface area contributed by atoms with Gasteiger partial charge in [0, 0.05) is 28.0 Å². The van der Waals surface area contributed by atoms with Crippen LogP contribution in [0.3, 0.4) is 0 Å². The molecule has 5 heteroatoms. The van der Waals surface area contributed by atoms with E-state index in [0.717, 1.165) is 27.0 Å². The molecule has 0 saturated heterocycles. The molecule has 3 nitrogen and oxygen atoms in total. The van der Waals surface area contributed by atoms with E-state index in [9.17, 15) is 0 Å². The lowest BCUT2D eigenvalue weighted by atomic mass is 10.1. The monoisotopic (exact) mass is 310 g/mol. The minimum Gasteiger partial charge on any atom is -0.496 e. The van der Waals surface area contributed by atoms with E-state index >= 15 is 0 Å². The first-order valence-corrected chi connectivity index (χ1v) is 7.71. The molecule has 1 unspecified atom stereocenters. The number of hydrogen-bond donors (Lipinski definition) is 1. The summed E-state index contributed by atoms with van der Waals surface area (Å²) in [4.78, 5) is 5.84. The van der Waals surface area contributed by atoms with Gasteiger partial charge in [-0.05, 0) is 32.9 Å². The predicted octanol–water partition coefficient (Wildman–Crippen LogP) is 4.27. The molecule has 0 bridgehead atoms. The Morgan fingerprint density at radius 2 is 2.15 bits per heavy atom. The van der Waals surface area contributed by atoms with Crippen LogP contribution in [0.5, 0.6) is 5.75 Å². The van der Waals surface area contributed by atoms with E-state index in [2.05, 4.69) is 24.1 Å². The average Bonchev–Trinajstić information content (AvgIpc) is 2.75. The van der Waals surface area contributed by atoms with Crippen LogP contribution >= 0.6 is 22.9 Å². The zero-order valence-electron chi connectivity index (χ0n) is 12.2. The van der Waals surface area contributed by atoms with Crippen LogP contribution in [0.2, 0.25) is 5.02 Å². The lowest BCUT2D eigenvalue weighted by molar-refractivity contribution is 0.406. The van der Waals surface area contributed by atoms with Gasteiger partial charge in [-0.25, -0.2) is 4.98 Å². The zero-order valence-corrected chi connectivity index (χ0v) is 13.7.